The van der Waals surface area contributed by atoms with Gasteiger partial charge in [0.25, 0.3) is 0 Å². The van der Waals surface area contributed by atoms with Gasteiger partial charge in [0.15, 0.2) is 0 Å². The summed E-state index contributed by atoms with van der Waals surface area (Å²) in [5.74, 6) is 0. The van der Waals surface area contributed by atoms with Gasteiger partial charge in [0, 0.05) is 24.8 Å². The molecular formula is C12H12F3N3. The molecular weight excluding hydrogens is 243 g/mol. The largest absolute Gasteiger partial charge is 0.417 e. The van der Waals surface area contributed by atoms with E-state index in [1.165, 1.54) is 12.1 Å². The molecule has 18 heavy (non-hydrogen) atoms. The zero-order valence-electron chi connectivity index (χ0n) is 9.54. The number of benzene rings is 1. The van der Waals surface area contributed by atoms with Crippen LogP contribution in [0.15, 0.2) is 18.2 Å². The van der Waals surface area contributed by atoms with Gasteiger partial charge in [-0.3, -0.25) is 0 Å². The molecule has 2 rings (SSSR count). The van der Waals surface area contributed by atoms with Gasteiger partial charge < -0.3 is 10.6 Å². The van der Waals surface area contributed by atoms with Crippen molar-refractivity contribution in [1.29, 1.82) is 5.26 Å². The molecule has 1 atom stereocenters. The molecule has 0 saturated carbocycles. The average Bonchev–Trinajstić information content (AvgIpc) is 2.74. The van der Waals surface area contributed by atoms with Crippen molar-refractivity contribution in [1.82, 2.24) is 0 Å². The van der Waals surface area contributed by atoms with E-state index in [1.54, 1.807) is 11.0 Å². The van der Waals surface area contributed by atoms with Crippen LogP contribution in [0, 0.1) is 11.3 Å². The Hall–Kier alpha value is -1.74. The maximum Gasteiger partial charge on any atom is 0.417 e. The molecule has 0 amide bonds. The highest BCUT2D eigenvalue weighted by atomic mass is 19.4. The number of nitriles is 1. The van der Waals surface area contributed by atoms with Crippen molar-refractivity contribution in [2.24, 2.45) is 5.73 Å². The van der Waals surface area contributed by atoms with E-state index in [1.807, 2.05) is 0 Å². The predicted octanol–water partition coefficient (Wildman–Crippen LogP) is 2.11. The summed E-state index contributed by atoms with van der Waals surface area (Å²) in [6.07, 6.45) is -3.75. The lowest BCUT2D eigenvalue weighted by molar-refractivity contribution is -0.137. The molecule has 3 nitrogen and oxygen atoms in total. The van der Waals surface area contributed by atoms with Gasteiger partial charge in [0.2, 0.25) is 0 Å². The van der Waals surface area contributed by atoms with Crippen LogP contribution in [0.2, 0.25) is 0 Å². The summed E-state index contributed by atoms with van der Waals surface area (Å²) >= 11 is 0. The molecule has 96 valence electrons. The predicted molar refractivity (Wildman–Crippen MR) is 61.0 cm³/mol. The van der Waals surface area contributed by atoms with E-state index >= 15 is 0 Å². The quantitative estimate of drug-likeness (QED) is 0.836. The Balaban J connectivity index is 2.38. The van der Waals surface area contributed by atoms with E-state index in [2.05, 4.69) is 0 Å². The SMILES string of the molecule is N#Cc1ccc(N2CCC(N)C2)cc1C(F)(F)F. The lowest BCUT2D eigenvalue weighted by atomic mass is 10.1. The van der Waals surface area contributed by atoms with Crippen LogP contribution >= 0.6 is 0 Å². The second-order valence-electron chi connectivity index (χ2n) is 4.33. The smallest absolute Gasteiger partial charge is 0.370 e. The standard InChI is InChI=1S/C12H12F3N3/c13-12(14,15)11-5-10(2-1-8(11)6-16)18-4-3-9(17)7-18/h1-2,5,9H,3-4,7,17H2. The fourth-order valence-electron chi connectivity index (χ4n) is 2.08. The summed E-state index contributed by atoms with van der Waals surface area (Å²) in [4.78, 5) is 1.81. The molecule has 1 saturated heterocycles. The summed E-state index contributed by atoms with van der Waals surface area (Å²) in [5, 5.41) is 8.70. The van der Waals surface area contributed by atoms with E-state index in [4.69, 9.17) is 11.0 Å². The van der Waals surface area contributed by atoms with Crippen molar-refractivity contribution >= 4 is 5.69 Å². The Morgan fingerprint density at radius 2 is 2.11 bits per heavy atom. The van der Waals surface area contributed by atoms with Gasteiger partial charge in [-0.05, 0) is 24.6 Å². The van der Waals surface area contributed by atoms with Crippen LogP contribution in [0.1, 0.15) is 17.5 Å². The first-order chi connectivity index (χ1) is 8.41. The molecule has 2 N–H and O–H groups in total. The van der Waals surface area contributed by atoms with E-state index < -0.39 is 11.7 Å². The second-order valence-corrected chi connectivity index (χ2v) is 4.33. The Morgan fingerprint density at radius 1 is 1.39 bits per heavy atom. The van der Waals surface area contributed by atoms with Crippen molar-refractivity contribution in [2.45, 2.75) is 18.6 Å². The van der Waals surface area contributed by atoms with Crippen molar-refractivity contribution < 1.29 is 13.2 Å². The third-order valence-electron chi connectivity index (χ3n) is 3.02. The maximum atomic E-state index is 12.8. The Labute approximate surface area is 103 Å². The molecule has 1 aliphatic rings. The lowest BCUT2D eigenvalue weighted by Crippen LogP contribution is -2.26. The summed E-state index contributed by atoms with van der Waals surface area (Å²) in [6.45, 7) is 1.19. The minimum absolute atomic E-state index is 0.00465. The molecule has 0 aromatic heterocycles. The summed E-state index contributed by atoms with van der Waals surface area (Å²) in [6, 6.07) is 5.33. The van der Waals surface area contributed by atoms with Gasteiger partial charge in [0.1, 0.15) is 0 Å². The summed E-state index contributed by atoms with van der Waals surface area (Å²) in [7, 11) is 0. The highest BCUT2D eigenvalue weighted by Gasteiger charge is 2.34. The fourth-order valence-corrected chi connectivity index (χ4v) is 2.08. The molecule has 1 fully saturated rings. The first-order valence-electron chi connectivity index (χ1n) is 5.53. The van der Waals surface area contributed by atoms with Crippen molar-refractivity contribution in [2.75, 3.05) is 18.0 Å². The van der Waals surface area contributed by atoms with E-state index in [0.29, 0.717) is 18.8 Å². The van der Waals surface area contributed by atoms with Crippen LogP contribution in [0.25, 0.3) is 0 Å². The third kappa shape index (κ3) is 2.41. The Bertz CT molecular complexity index is 490. The van der Waals surface area contributed by atoms with Crippen molar-refractivity contribution in [3.05, 3.63) is 29.3 Å². The highest BCUT2D eigenvalue weighted by Crippen LogP contribution is 2.34. The number of anilines is 1. The number of hydrogen-bond acceptors (Lipinski definition) is 3. The highest BCUT2D eigenvalue weighted by molar-refractivity contribution is 5.55. The minimum atomic E-state index is -4.51. The summed E-state index contributed by atoms with van der Waals surface area (Å²) in [5.41, 5.74) is 4.95. The van der Waals surface area contributed by atoms with Crippen molar-refractivity contribution in [3.8, 4) is 6.07 Å². The Morgan fingerprint density at radius 3 is 2.61 bits per heavy atom. The van der Waals surface area contributed by atoms with E-state index in [9.17, 15) is 13.2 Å². The van der Waals surface area contributed by atoms with E-state index in [0.717, 1.165) is 12.5 Å². The molecule has 6 heteroatoms. The fraction of sp³-hybridized carbons (Fsp3) is 0.417. The van der Waals surface area contributed by atoms with Crippen LogP contribution in [-0.4, -0.2) is 19.1 Å². The first kappa shape index (κ1) is 12.7. The maximum absolute atomic E-state index is 12.8. The first-order valence-corrected chi connectivity index (χ1v) is 5.53. The topological polar surface area (TPSA) is 53.0 Å². The zero-order chi connectivity index (χ0) is 13.3. The minimum Gasteiger partial charge on any atom is -0.370 e. The van der Waals surface area contributed by atoms with Gasteiger partial charge in [0.05, 0.1) is 17.2 Å². The third-order valence-corrected chi connectivity index (χ3v) is 3.02. The normalized spacial score (nSPS) is 19.9. The van der Waals surface area contributed by atoms with Crippen LogP contribution in [0.4, 0.5) is 18.9 Å². The number of hydrogen-bond donors (Lipinski definition) is 1. The number of nitrogens with two attached hydrogens (primary N) is 1. The molecule has 0 aliphatic carbocycles. The monoisotopic (exact) mass is 255 g/mol. The second kappa shape index (κ2) is 4.50. The van der Waals surface area contributed by atoms with Crippen LogP contribution in [0.3, 0.4) is 0 Å². The number of rotatable bonds is 1. The van der Waals surface area contributed by atoms with Gasteiger partial charge >= 0.3 is 6.18 Å². The number of halogens is 3. The molecule has 1 aromatic rings. The van der Waals surface area contributed by atoms with Crippen LogP contribution in [-0.2, 0) is 6.18 Å². The molecule has 1 aromatic carbocycles. The molecule has 0 bridgehead atoms. The average molecular weight is 255 g/mol. The lowest BCUT2D eigenvalue weighted by Gasteiger charge is -2.20. The molecule has 1 aliphatic heterocycles. The number of alkyl halides is 3. The van der Waals surface area contributed by atoms with Gasteiger partial charge in [-0.1, -0.05) is 0 Å². The molecule has 1 heterocycles. The van der Waals surface area contributed by atoms with Gasteiger partial charge in [-0.2, -0.15) is 18.4 Å². The van der Waals surface area contributed by atoms with Crippen molar-refractivity contribution in [3.63, 3.8) is 0 Å². The summed E-state index contributed by atoms with van der Waals surface area (Å²) < 4.78 is 38.4. The molecule has 0 spiro atoms. The van der Waals surface area contributed by atoms with Gasteiger partial charge in [-0.15, -0.1) is 0 Å². The zero-order valence-corrected chi connectivity index (χ0v) is 9.54. The van der Waals surface area contributed by atoms with Crippen LogP contribution < -0.4 is 10.6 Å². The molecule has 0 radical (unpaired) electrons. The van der Waals surface area contributed by atoms with Gasteiger partial charge in [-0.25, -0.2) is 0 Å². The van der Waals surface area contributed by atoms with Crippen LogP contribution in [0.5, 0.6) is 0 Å². The molecule has 1 unspecified atom stereocenters. The Kier molecular flexibility index (Phi) is 3.18. The van der Waals surface area contributed by atoms with E-state index in [-0.39, 0.29) is 11.6 Å². The number of nitrogens with zero attached hydrogens (tertiary/aromatic N) is 2.